The van der Waals surface area contributed by atoms with E-state index in [-0.39, 0.29) is 0 Å². The second kappa shape index (κ2) is 2.61. The lowest BCUT2D eigenvalue weighted by atomic mass is 10.4. The van der Waals surface area contributed by atoms with Crippen LogP contribution in [0.25, 0.3) is 0 Å². The van der Waals surface area contributed by atoms with Crippen molar-refractivity contribution < 1.29 is 20.4 Å². The first kappa shape index (κ1) is 8.13. The number of alkyl halides is 1. The minimum Gasteiger partial charge on any atom is -0.393 e. The van der Waals surface area contributed by atoms with Gasteiger partial charge in [0.15, 0.2) is 0 Å². The van der Waals surface area contributed by atoms with E-state index in [2.05, 4.69) is 11.6 Å². The van der Waals surface area contributed by atoms with Gasteiger partial charge in [-0.2, -0.15) is 0 Å². The standard InChI is InChI=1S/C3H7ClO4/c4-3(7,8)2(6)1-5/h2,5-8H,1H2. The second-order valence-corrected chi connectivity index (χ2v) is 1.89. The topological polar surface area (TPSA) is 80.9 Å². The minimum absolute atomic E-state index is 0.781. The molecule has 1 unspecified atom stereocenters. The maximum absolute atomic E-state index is 8.31. The Labute approximate surface area is 50.9 Å². The van der Waals surface area contributed by atoms with Crippen LogP contribution < -0.4 is 0 Å². The highest BCUT2D eigenvalue weighted by Gasteiger charge is 2.29. The van der Waals surface area contributed by atoms with Crippen LogP contribution in [-0.4, -0.2) is 38.4 Å². The van der Waals surface area contributed by atoms with E-state index in [4.69, 9.17) is 20.4 Å². The number of aliphatic hydroxyl groups excluding tert-OH is 2. The van der Waals surface area contributed by atoms with E-state index in [1.165, 1.54) is 0 Å². The molecule has 0 radical (unpaired) electrons. The van der Waals surface area contributed by atoms with Crippen LogP contribution in [0.2, 0.25) is 0 Å². The Morgan fingerprint density at radius 2 is 1.88 bits per heavy atom. The zero-order valence-corrected chi connectivity index (χ0v) is 4.71. The summed E-state index contributed by atoms with van der Waals surface area (Å²) in [4.78, 5) is 0. The van der Waals surface area contributed by atoms with Crippen molar-refractivity contribution >= 4 is 11.6 Å². The summed E-state index contributed by atoms with van der Waals surface area (Å²) in [6, 6.07) is 0. The van der Waals surface area contributed by atoms with E-state index in [0.29, 0.717) is 0 Å². The first-order valence-corrected chi connectivity index (χ1v) is 2.29. The zero-order valence-electron chi connectivity index (χ0n) is 3.95. The van der Waals surface area contributed by atoms with Crippen molar-refractivity contribution in [3.63, 3.8) is 0 Å². The highest BCUT2D eigenvalue weighted by molar-refractivity contribution is 6.21. The summed E-state index contributed by atoms with van der Waals surface area (Å²) >= 11 is 4.68. The molecule has 5 heteroatoms. The van der Waals surface area contributed by atoms with Gasteiger partial charge in [0.25, 0.3) is 5.25 Å². The first-order chi connectivity index (χ1) is 3.48. The third-order valence-electron chi connectivity index (χ3n) is 0.597. The molecule has 0 aromatic rings. The van der Waals surface area contributed by atoms with Crippen LogP contribution in [0, 0.1) is 0 Å². The molecule has 8 heavy (non-hydrogen) atoms. The first-order valence-electron chi connectivity index (χ1n) is 1.91. The van der Waals surface area contributed by atoms with E-state index >= 15 is 0 Å². The molecule has 0 aliphatic rings. The molecule has 0 aromatic carbocycles. The quantitative estimate of drug-likeness (QED) is 0.271. The molecule has 0 saturated heterocycles. The van der Waals surface area contributed by atoms with Gasteiger partial charge in [-0.25, -0.2) is 0 Å². The monoisotopic (exact) mass is 142 g/mol. The van der Waals surface area contributed by atoms with Gasteiger partial charge in [-0.1, -0.05) is 11.6 Å². The summed E-state index contributed by atoms with van der Waals surface area (Å²) in [6.45, 7) is -0.781. The zero-order chi connectivity index (χ0) is 6.78. The number of hydrogen-bond acceptors (Lipinski definition) is 4. The van der Waals surface area contributed by atoms with Gasteiger partial charge >= 0.3 is 0 Å². The van der Waals surface area contributed by atoms with Crippen molar-refractivity contribution in [2.45, 2.75) is 11.4 Å². The van der Waals surface area contributed by atoms with Gasteiger partial charge < -0.3 is 20.4 Å². The molecule has 0 fully saturated rings. The van der Waals surface area contributed by atoms with Crippen molar-refractivity contribution in [1.29, 1.82) is 0 Å². The van der Waals surface area contributed by atoms with Gasteiger partial charge in [0.05, 0.1) is 6.61 Å². The molecular formula is C3H7ClO4. The molecule has 0 amide bonds. The fourth-order valence-electron chi connectivity index (χ4n) is 0.116. The molecule has 0 saturated carbocycles. The van der Waals surface area contributed by atoms with Crippen LogP contribution in [0.15, 0.2) is 0 Å². The van der Waals surface area contributed by atoms with Gasteiger partial charge in [0.2, 0.25) is 0 Å². The Hall–Kier alpha value is 0.130. The van der Waals surface area contributed by atoms with Crippen molar-refractivity contribution in [1.82, 2.24) is 0 Å². The molecule has 0 aliphatic carbocycles. The highest BCUT2D eigenvalue weighted by Crippen LogP contribution is 2.10. The van der Waals surface area contributed by atoms with Gasteiger partial charge in [-0.05, 0) is 0 Å². The van der Waals surface area contributed by atoms with Crippen LogP contribution in [0.1, 0.15) is 0 Å². The fraction of sp³-hybridized carbons (Fsp3) is 1.00. The molecule has 0 spiro atoms. The number of aliphatic hydroxyl groups is 4. The van der Waals surface area contributed by atoms with Gasteiger partial charge in [0.1, 0.15) is 6.10 Å². The van der Waals surface area contributed by atoms with E-state index in [1.54, 1.807) is 0 Å². The molecule has 4 nitrogen and oxygen atoms in total. The Balaban J connectivity index is 3.62. The smallest absolute Gasteiger partial charge is 0.272 e. The molecule has 0 heterocycles. The Bertz CT molecular complexity index is 68.2. The van der Waals surface area contributed by atoms with Crippen LogP contribution in [-0.2, 0) is 0 Å². The van der Waals surface area contributed by atoms with Crippen LogP contribution >= 0.6 is 11.6 Å². The Morgan fingerprint density at radius 3 is 1.88 bits per heavy atom. The Kier molecular flexibility index (Phi) is 2.65. The summed E-state index contributed by atoms with van der Waals surface area (Å²) < 4.78 is 0. The molecular weight excluding hydrogens is 135 g/mol. The summed E-state index contributed by atoms with van der Waals surface area (Å²) in [5, 5.41) is 30.0. The molecule has 0 rings (SSSR count). The largest absolute Gasteiger partial charge is 0.393 e. The molecule has 50 valence electrons. The van der Waals surface area contributed by atoms with Crippen LogP contribution in [0.5, 0.6) is 0 Å². The van der Waals surface area contributed by atoms with E-state index in [0.717, 1.165) is 0 Å². The van der Waals surface area contributed by atoms with Crippen molar-refractivity contribution in [3.8, 4) is 0 Å². The average molecular weight is 143 g/mol. The number of hydrogen-bond donors (Lipinski definition) is 4. The second-order valence-electron chi connectivity index (χ2n) is 1.33. The van der Waals surface area contributed by atoms with Crippen molar-refractivity contribution in [3.05, 3.63) is 0 Å². The van der Waals surface area contributed by atoms with Gasteiger partial charge in [0, 0.05) is 0 Å². The predicted molar refractivity (Wildman–Crippen MR) is 26.1 cm³/mol. The van der Waals surface area contributed by atoms with Gasteiger partial charge in [-0.15, -0.1) is 0 Å². The molecule has 0 aliphatic heterocycles. The molecule has 0 aromatic heterocycles. The van der Waals surface area contributed by atoms with E-state index in [1.807, 2.05) is 0 Å². The summed E-state index contributed by atoms with van der Waals surface area (Å²) in [6.07, 6.45) is -1.72. The normalized spacial score (nSPS) is 16.1. The highest BCUT2D eigenvalue weighted by atomic mass is 35.5. The summed E-state index contributed by atoms with van der Waals surface area (Å²) in [5.74, 6) is 0. The van der Waals surface area contributed by atoms with Crippen LogP contribution in [0.3, 0.4) is 0 Å². The minimum atomic E-state index is -2.71. The molecule has 4 N–H and O–H groups in total. The molecule has 1 atom stereocenters. The average Bonchev–Trinajstić information content (AvgIpc) is 1.62. The third-order valence-corrected chi connectivity index (χ3v) is 0.849. The van der Waals surface area contributed by atoms with Crippen LogP contribution in [0.4, 0.5) is 0 Å². The third kappa shape index (κ3) is 2.44. The SMILES string of the molecule is OCC(O)C(O)(O)Cl. The fourth-order valence-corrected chi connectivity index (χ4v) is 0.185. The number of rotatable bonds is 2. The summed E-state index contributed by atoms with van der Waals surface area (Å²) in [7, 11) is 0. The lowest BCUT2D eigenvalue weighted by Crippen LogP contribution is -2.38. The maximum Gasteiger partial charge on any atom is 0.272 e. The summed E-state index contributed by atoms with van der Waals surface area (Å²) in [5.41, 5.74) is 0. The van der Waals surface area contributed by atoms with E-state index in [9.17, 15) is 0 Å². The van der Waals surface area contributed by atoms with Gasteiger partial charge in [-0.3, -0.25) is 0 Å². The lowest BCUT2D eigenvalue weighted by molar-refractivity contribution is -0.170. The predicted octanol–water partition coefficient (Wildman–Crippen LogP) is -1.78. The van der Waals surface area contributed by atoms with Crippen molar-refractivity contribution in [2.24, 2.45) is 0 Å². The van der Waals surface area contributed by atoms with Crippen molar-refractivity contribution in [2.75, 3.05) is 6.61 Å². The lowest BCUT2D eigenvalue weighted by Gasteiger charge is -2.17. The number of halogens is 1. The Morgan fingerprint density at radius 1 is 1.50 bits per heavy atom. The maximum atomic E-state index is 8.31. The van der Waals surface area contributed by atoms with E-state index < -0.39 is 18.0 Å². The molecule has 0 bridgehead atoms.